The fourth-order valence-corrected chi connectivity index (χ4v) is 11.2. The summed E-state index contributed by atoms with van der Waals surface area (Å²) in [5.74, 6) is -0.0792. The summed E-state index contributed by atoms with van der Waals surface area (Å²) < 4.78 is 27.5. The van der Waals surface area contributed by atoms with Crippen LogP contribution < -0.4 is 45.5 Å². The maximum atomic E-state index is 12.6. The second-order valence-corrected chi connectivity index (χ2v) is 16.5. The first kappa shape index (κ1) is 34.7. The number of nitrogens with zero attached hydrogens (tertiary/aromatic N) is 3. The van der Waals surface area contributed by atoms with Gasteiger partial charge in [0.2, 0.25) is 0 Å². The number of aryl methyl sites for hydroxylation is 1. The zero-order valence-electron chi connectivity index (χ0n) is 26.3. The molecule has 1 saturated heterocycles. The number of H-pyrrole nitrogens is 1. The van der Waals surface area contributed by atoms with E-state index in [9.17, 15) is 9.59 Å². The smallest absolute Gasteiger partial charge is 0.554 e. The molecular formula is C31H38N4NaO6PSi. The summed E-state index contributed by atoms with van der Waals surface area (Å²) in [4.78, 5) is 36.5. The van der Waals surface area contributed by atoms with Crippen LogP contribution in [0.15, 0.2) is 71.8 Å². The van der Waals surface area contributed by atoms with Crippen molar-refractivity contribution in [3.63, 3.8) is 0 Å². The van der Waals surface area contributed by atoms with Gasteiger partial charge in [-0.05, 0) is 28.8 Å². The van der Waals surface area contributed by atoms with E-state index in [0.29, 0.717) is 17.9 Å². The summed E-state index contributed by atoms with van der Waals surface area (Å²) in [5, 5.41) is 1.98. The fraction of sp³-hybridized carbons (Fsp3) is 0.419. The molecule has 1 aliphatic heterocycles. The molecule has 0 bridgehead atoms. The number of nitrogens with one attached hydrogen (secondary N) is 1. The molecular weight excluding hydrogens is 606 g/mol. The minimum absolute atomic E-state index is 0. The van der Waals surface area contributed by atoms with Crippen molar-refractivity contribution in [2.75, 3.05) is 6.61 Å². The van der Waals surface area contributed by atoms with Gasteiger partial charge in [-0.15, -0.1) is 0 Å². The van der Waals surface area contributed by atoms with Gasteiger partial charge in [-0.1, -0.05) is 88.4 Å². The number of rotatable bonds is 9. The first-order chi connectivity index (χ1) is 20.5. The zero-order valence-corrected chi connectivity index (χ0v) is 30.3. The second-order valence-electron chi connectivity index (χ2n) is 12.0. The van der Waals surface area contributed by atoms with E-state index < -0.39 is 38.3 Å². The third-order valence-corrected chi connectivity index (χ3v) is 13.5. The van der Waals surface area contributed by atoms with Crippen LogP contribution in [-0.2, 0) is 23.2 Å². The SMILES string of the molecule is CC[C@@]1(CO[Si](c2ccccc2)(c2ccccc2)C(C)(C)C)O[C@@H](n2cnc3c(=O)[nH]c(C)nc32)[C@@H](OC(C)=O)[C@@H]1O[PH-].[Na+]. The normalized spacial score (nSPS) is 22.1. The van der Waals surface area contributed by atoms with Crippen molar-refractivity contribution >= 4 is 45.3 Å². The van der Waals surface area contributed by atoms with Crippen molar-refractivity contribution in [3.8, 4) is 0 Å². The summed E-state index contributed by atoms with van der Waals surface area (Å²) in [6.07, 6.45) is -0.633. The maximum Gasteiger partial charge on any atom is 1.00 e. The van der Waals surface area contributed by atoms with Crippen molar-refractivity contribution < 1.29 is 52.8 Å². The van der Waals surface area contributed by atoms with E-state index >= 15 is 0 Å². The van der Waals surface area contributed by atoms with Crippen LogP contribution in [-0.4, -0.2) is 58.2 Å². The number of benzene rings is 2. The Hall–Kier alpha value is -2.21. The predicted molar refractivity (Wildman–Crippen MR) is 168 cm³/mol. The number of aromatic nitrogens is 4. The molecule has 1 fully saturated rings. The summed E-state index contributed by atoms with van der Waals surface area (Å²) in [6, 6.07) is 20.7. The quantitative estimate of drug-likeness (QED) is 0.163. The van der Waals surface area contributed by atoms with Crippen LogP contribution in [0, 0.1) is 6.92 Å². The number of hydrogen-bond acceptors (Lipinski definition) is 8. The molecule has 0 spiro atoms. The van der Waals surface area contributed by atoms with E-state index in [1.54, 1.807) is 11.5 Å². The van der Waals surface area contributed by atoms with Crippen molar-refractivity contribution in [3.05, 3.63) is 83.2 Å². The maximum absolute atomic E-state index is 12.6. The molecule has 4 atom stereocenters. The van der Waals surface area contributed by atoms with Crippen LogP contribution in [0.1, 0.15) is 53.1 Å². The molecule has 1 N–H and O–H groups in total. The van der Waals surface area contributed by atoms with Crippen molar-refractivity contribution in [2.45, 2.75) is 77.0 Å². The van der Waals surface area contributed by atoms with E-state index in [4.69, 9.17) is 18.4 Å². The number of carbonyl (C=O) groups excluding carboxylic acids is 1. The Morgan fingerprint density at radius 3 is 2.20 bits per heavy atom. The molecule has 3 heterocycles. The molecule has 10 nitrogen and oxygen atoms in total. The molecule has 2 aromatic carbocycles. The van der Waals surface area contributed by atoms with Gasteiger partial charge in [0.15, 0.2) is 23.5 Å². The largest absolute Gasteiger partial charge is 1.00 e. The van der Waals surface area contributed by atoms with Crippen molar-refractivity contribution in [1.82, 2.24) is 19.5 Å². The molecule has 44 heavy (non-hydrogen) atoms. The van der Waals surface area contributed by atoms with E-state index in [0.717, 1.165) is 10.4 Å². The molecule has 4 aromatic rings. The number of ether oxygens (including phenoxy) is 2. The van der Waals surface area contributed by atoms with Crippen LogP contribution in [0.2, 0.25) is 5.04 Å². The van der Waals surface area contributed by atoms with E-state index in [1.165, 1.54) is 13.3 Å². The molecule has 0 unspecified atom stereocenters. The molecule has 1 aliphatic rings. The average Bonchev–Trinajstić information content (AvgIpc) is 3.52. The fourth-order valence-electron chi connectivity index (χ4n) is 6.24. The van der Waals surface area contributed by atoms with Gasteiger partial charge in [-0.2, -0.15) is 0 Å². The monoisotopic (exact) mass is 644 g/mol. The first-order valence-corrected chi connectivity index (χ1v) is 16.6. The summed E-state index contributed by atoms with van der Waals surface area (Å²) >= 11 is 0. The minimum Gasteiger partial charge on any atom is -0.554 e. The van der Waals surface area contributed by atoms with Gasteiger partial charge in [0.25, 0.3) is 13.9 Å². The number of aromatic amines is 1. The molecule has 228 valence electrons. The number of imidazole rings is 1. The first-order valence-electron chi connectivity index (χ1n) is 14.3. The Morgan fingerprint density at radius 2 is 1.70 bits per heavy atom. The molecule has 0 saturated carbocycles. The van der Waals surface area contributed by atoms with Gasteiger partial charge >= 0.3 is 35.5 Å². The molecule has 0 aliphatic carbocycles. The van der Waals surface area contributed by atoms with Crippen LogP contribution in [0.5, 0.6) is 0 Å². The molecule has 13 heteroatoms. The summed E-state index contributed by atoms with van der Waals surface area (Å²) in [5.41, 5.74) is -0.958. The van der Waals surface area contributed by atoms with E-state index in [1.807, 2.05) is 43.3 Å². The molecule has 2 aromatic heterocycles. The Bertz CT molecular complexity index is 1610. The number of carbonyl (C=O) groups is 1. The Kier molecular flexibility index (Phi) is 10.7. The van der Waals surface area contributed by atoms with Gasteiger partial charge < -0.3 is 32.9 Å². The summed E-state index contributed by atoms with van der Waals surface area (Å²) in [6.45, 7) is 11.8. The van der Waals surface area contributed by atoms with Gasteiger partial charge in [0.05, 0.1) is 19.0 Å². The van der Waals surface area contributed by atoms with E-state index in [-0.39, 0.29) is 52.3 Å². The topological polar surface area (TPSA) is 118 Å². The minimum atomic E-state index is -2.96. The standard InChI is InChI=1S/C31H38N4O6PSi.Na/c1-7-31(18-38-43(30(4,5)6,22-14-10-8-11-15-22)23-16-12-9-13-17-23)26(41-42)25(39-21(3)36)29(40-31)35-19-32-24-27(35)33-20(2)34-28(24)37;/h8-17,19,25-26,29,42H,7,18H2,1-6H3,(H,33,34,37);/q-1;+1/t25-,26-,29+,31-;/m0./s1. The summed E-state index contributed by atoms with van der Waals surface area (Å²) in [7, 11) is 0.327. The van der Waals surface area contributed by atoms with Crippen LogP contribution >= 0.6 is 9.47 Å². The molecule has 5 rings (SSSR count). The van der Waals surface area contributed by atoms with Crippen LogP contribution in [0.3, 0.4) is 0 Å². The number of esters is 1. The van der Waals surface area contributed by atoms with Crippen LogP contribution in [0.4, 0.5) is 0 Å². The number of hydrogen-bond donors (Lipinski definition) is 1. The Morgan fingerprint density at radius 1 is 1.11 bits per heavy atom. The van der Waals surface area contributed by atoms with E-state index in [2.05, 4.69) is 69.5 Å². The molecule has 0 radical (unpaired) electrons. The number of fused-ring (bicyclic) bond motifs is 1. The van der Waals surface area contributed by atoms with Gasteiger partial charge in [-0.3, -0.25) is 14.2 Å². The Balaban J connectivity index is 0.00000442. The van der Waals surface area contributed by atoms with Gasteiger partial charge in [-0.25, -0.2) is 9.97 Å². The van der Waals surface area contributed by atoms with Crippen LogP contribution in [0.25, 0.3) is 11.2 Å². The van der Waals surface area contributed by atoms with Crippen molar-refractivity contribution in [1.29, 1.82) is 0 Å². The Labute approximate surface area is 283 Å². The zero-order chi connectivity index (χ0) is 31.0. The van der Waals surface area contributed by atoms with Gasteiger partial charge in [0.1, 0.15) is 11.4 Å². The van der Waals surface area contributed by atoms with Crippen molar-refractivity contribution in [2.24, 2.45) is 0 Å². The molecule has 0 amide bonds. The van der Waals surface area contributed by atoms with Gasteiger partial charge in [0, 0.05) is 6.92 Å². The predicted octanol–water partition coefficient (Wildman–Crippen LogP) is 1.06. The third kappa shape index (κ3) is 6.13. The second kappa shape index (κ2) is 13.6. The average molecular weight is 645 g/mol. The third-order valence-electron chi connectivity index (χ3n) is 8.26.